The molecule has 25 heavy (non-hydrogen) atoms. The summed E-state index contributed by atoms with van der Waals surface area (Å²) >= 11 is 1.91. The molecule has 2 rings (SSSR count). The van der Waals surface area contributed by atoms with E-state index in [1.807, 2.05) is 44.7 Å². The second-order valence-electron chi connectivity index (χ2n) is 7.52. The first kappa shape index (κ1) is 21.8. The van der Waals surface area contributed by atoms with Crippen molar-refractivity contribution in [3.8, 4) is 0 Å². The molecule has 0 heterocycles. The molecule has 1 amide bonds. The molecule has 1 saturated carbocycles. The number of benzene rings is 1. The van der Waals surface area contributed by atoms with E-state index < -0.39 is 11.7 Å². The lowest BCUT2D eigenvalue weighted by Crippen LogP contribution is -2.36. The summed E-state index contributed by atoms with van der Waals surface area (Å²) in [5, 5.41) is 2.71. The Kier molecular flexibility index (Phi) is 9.36. The van der Waals surface area contributed by atoms with Crippen LogP contribution in [0.5, 0.6) is 0 Å². The van der Waals surface area contributed by atoms with Crippen LogP contribution in [0.4, 0.5) is 4.79 Å². The quantitative estimate of drug-likeness (QED) is 0.685. The zero-order valence-corrected chi connectivity index (χ0v) is 17.1. The van der Waals surface area contributed by atoms with Crippen LogP contribution in [-0.2, 0) is 4.74 Å². The number of alkyl carbamates (subject to hydrolysis) is 1. The van der Waals surface area contributed by atoms with E-state index in [2.05, 4.69) is 31.3 Å². The summed E-state index contributed by atoms with van der Waals surface area (Å²) in [7, 11) is 0. The zero-order chi connectivity index (χ0) is 18.9. The normalized spacial score (nSPS) is 15.0. The van der Waals surface area contributed by atoms with Gasteiger partial charge in [0.1, 0.15) is 5.60 Å². The van der Waals surface area contributed by atoms with Crippen molar-refractivity contribution >= 4 is 17.9 Å². The largest absolute Gasteiger partial charge is 0.444 e. The van der Waals surface area contributed by atoms with Crippen LogP contribution < -0.4 is 11.1 Å². The Morgan fingerprint density at radius 2 is 1.84 bits per heavy atom. The maximum atomic E-state index is 11.6. The molecule has 1 aliphatic carbocycles. The number of hydrogen-bond acceptors (Lipinski definition) is 4. The number of rotatable bonds is 6. The highest BCUT2D eigenvalue weighted by molar-refractivity contribution is 7.99. The third-order valence-corrected chi connectivity index (χ3v) is 4.60. The van der Waals surface area contributed by atoms with Gasteiger partial charge >= 0.3 is 6.09 Å². The standard InChI is InChI=1S/C17H26N2O2S.C3H8/c1-17(2,3)21-16(20)19-10-15(18)13-6-8-14(9-7-13)22-11-12-4-5-12;1-3-2/h6-9,12,15H,4-5,10-11,18H2,1-3H3,(H,19,20);3H2,1-2H3. The average molecular weight is 367 g/mol. The van der Waals surface area contributed by atoms with Crippen molar-refractivity contribution in [2.24, 2.45) is 11.7 Å². The van der Waals surface area contributed by atoms with E-state index in [-0.39, 0.29) is 6.04 Å². The molecule has 5 heteroatoms. The second kappa shape index (κ2) is 10.7. The molecule has 0 saturated heterocycles. The Morgan fingerprint density at radius 3 is 2.32 bits per heavy atom. The van der Waals surface area contributed by atoms with Gasteiger partial charge in [-0.25, -0.2) is 4.79 Å². The van der Waals surface area contributed by atoms with Gasteiger partial charge in [0, 0.05) is 23.2 Å². The van der Waals surface area contributed by atoms with Crippen molar-refractivity contribution in [1.82, 2.24) is 5.32 Å². The first-order valence-corrected chi connectivity index (χ1v) is 10.2. The number of amides is 1. The van der Waals surface area contributed by atoms with Crippen LogP contribution >= 0.6 is 11.8 Å². The molecule has 1 atom stereocenters. The average Bonchev–Trinajstić information content (AvgIpc) is 3.34. The van der Waals surface area contributed by atoms with E-state index in [1.54, 1.807) is 0 Å². The Morgan fingerprint density at radius 1 is 1.28 bits per heavy atom. The van der Waals surface area contributed by atoms with E-state index in [9.17, 15) is 4.79 Å². The zero-order valence-electron chi connectivity index (χ0n) is 16.3. The van der Waals surface area contributed by atoms with Crippen molar-refractivity contribution in [2.75, 3.05) is 12.3 Å². The molecule has 1 aromatic rings. The third-order valence-electron chi connectivity index (χ3n) is 3.36. The molecule has 0 aromatic heterocycles. The summed E-state index contributed by atoms with van der Waals surface area (Å²) < 4.78 is 5.19. The molecule has 1 unspecified atom stereocenters. The fraction of sp³-hybridized carbons (Fsp3) is 0.650. The Bertz CT molecular complexity index is 507. The minimum absolute atomic E-state index is 0.227. The monoisotopic (exact) mass is 366 g/mol. The van der Waals surface area contributed by atoms with Gasteiger partial charge in [0.05, 0.1) is 0 Å². The number of nitrogens with one attached hydrogen (secondary N) is 1. The number of nitrogens with two attached hydrogens (primary N) is 1. The van der Waals surface area contributed by atoms with Gasteiger partial charge in [0.25, 0.3) is 0 Å². The van der Waals surface area contributed by atoms with Crippen LogP contribution in [0.3, 0.4) is 0 Å². The van der Waals surface area contributed by atoms with Crippen LogP contribution in [0.15, 0.2) is 29.2 Å². The number of ether oxygens (including phenoxy) is 1. The van der Waals surface area contributed by atoms with Gasteiger partial charge in [-0.3, -0.25) is 0 Å². The fourth-order valence-corrected chi connectivity index (χ4v) is 3.03. The molecule has 142 valence electrons. The van der Waals surface area contributed by atoms with E-state index in [1.165, 1.54) is 29.9 Å². The molecular formula is C20H34N2O2S. The minimum atomic E-state index is -0.491. The first-order valence-electron chi connectivity index (χ1n) is 9.20. The molecule has 4 nitrogen and oxygen atoms in total. The summed E-state index contributed by atoms with van der Waals surface area (Å²) in [6.45, 7) is 10.1. The van der Waals surface area contributed by atoms with Gasteiger partial charge in [0.2, 0.25) is 0 Å². The van der Waals surface area contributed by atoms with Crippen LogP contribution in [0.2, 0.25) is 0 Å². The molecular weight excluding hydrogens is 332 g/mol. The molecule has 1 aromatic carbocycles. The van der Waals surface area contributed by atoms with E-state index in [0.29, 0.717) is 6.54 Å². The molecule has 0 aliphatic heterocycles. The lowest BCUT2D eigenvalue weighted by atomic mass is 10.1. The second-order valence-corrected chi connectivity index (χ2v) is 8.61. The molecule has 1 aliphatic rings. The van der Waals surface area contributed by atoms with Gasteiger partial charge in [-0.05, 0) is 57.2 Å². The van der Waals surface area contributed by atoms with Crippen molar-refractivity contribution in [1.29, 1.82) is 0 Å². The van der Waals surface area contributed by atoms with Crippen molar-refractivity contribution in [3.05, 3.63) is 29.8 Å². The Hall–Kier alpha value is -1.20. The van der Waals surface area contributed by atoms with Crippen molar-refractivity contribution in [2.45, 2.75) is 70.4 Å². The van der Waals surface area contributed by atoms with Crippen LogP contribution in [0, 0.1) is 5.92 Å². The van der Waals surface area contributed by atoms with Gasteiger partial charge in [-0.2, -0.15) is 0 Å². The maximum Gasteiger partial charge on any atom is 0.407 e. The molecule has 1 fully saturated rings. The number of hydrogen-bond donors (Lipinski definition) is 2. The molecule has 0 radical (unpaired) electrons. The summed E-state index contributed by atoms with van der Waals surface area (Å²) in [6, 6.07) is 8.06. The highest BCUT2D eigenvalue weighted by Crippen LogP contribution is 2.35. The van der Waals surface area contributed by atoms with Gasteiger partial charge in [0.15, 0.2) is 0 Å². The lowest BCUT2D eigenvalue weighted by Gasteiger charge is -2.21. The fourth-order valence-electron chi connectivity index (χ4n) is 1.94. The summed E-state index contributed by atoms with van der Waals surface area (Å²) in [5.74, 6) is 2.14. The van der Waals surface area contributed by atoms with Gasteiger partial charge in [-0.15, -0.1) is 11.8 Å². The first-order chi connectivity index (χ1) is 11.7. The summed E-state index contributed by atoms with van der Waals surface area (Å²) in [5.41, 5.74) is 6.64. The Labute approximate surface area is 157 Å². The number of carbonyl (C=O) groups is 1. The SMILES string of the molecule is CC(C)(C)OC(=O)NCC(N)c1ccc(SCC2CC2)cc1.CCC. The topological polar surface area (TPSA) is 64.3 Å². The van der Waals surface area contributed by atoms with Crippen LogP contribution in [0.1, 0.15) is 65.5 Å². The van der Waals surface area contributed by atoms with E-state index >= 15 is 0 Å². The lowest BCUT2D eigenvalue weighted by molar-refractivity contribution is 0.0524. The smallest absolute Gasteiger partial charge is 0.407 e. The highest BCUT2D eigenvalue weighted by atomic mass is 32.2. The van der Waals surface area contributed by atoms with Crippen molar-refractivity contribution in [3.63, 3.8) is 0 Å². The Balaban J connectivity index is 0.000000970. The number of carbonyl (C=O) groups excluding carboxylic acids is 1. The number of thioether (sulfide) groups is 1. The van der Waals surface area contributed by atoms with Gasteiger partial charge in [-0.1, -0.05) is 32.4 Å². The minimum Gasteiger partial charge on any atom is -0.444 e. The van der Waals surface area contributed by atoms with Crippen LogP contribution in [-0.4, -0.2) is 24.0 Å². The van der Waals surface area contributed by atoms with Gasteiger partial charge < -0.3 is 15.8 Å². The van der Waals surface area contributed by atoms with Crippen molar-refractivity contribution < 1.29 is 9.53 Å². The maximum absolute atomic E-state index is 11.6. The summed E-state index contributed by atoms with van der Waals surface area (Å²) in [4.78, 5) is 12.9. The molecule has 0 bridgehead atoms. The predicted molar refractivity (Wildman–Crippen MR) is 107 cm³/mol. The highest BCUT2D eigenvalue weighted by Gasteiger charge is 2.21. The van der Waals surface area contributed by atoms with E-state index in [4.69, 9.17) is 10.5 Å². The summed E-state index contributed by atoms with van der Waals surface area (Å²) in [6.07, 6.45) is 3.58. The predicted octanol–water partition coefficient (Wildman–Crippen LogP) is 5.13. The van der Waals surface area contributed by atoms with Crippen LogP contribution in [0.25, 0.3) is 0 Å². The third kappa shape index (κ3) is 10.4. The molecule has 0 spiro atoms. The molecule has 3 N–H and O–H groups in total. The van der Waals surface area contributed by atoms with E-state index in [0.717, 1.165) is 11.5 Å².